The second kappa shape index (κ2) is 10.8. The predicted molar refractivity (Wildman–Crippen MR) is 127 cm³/mol. The van der Waals surface area contributed by atoms with Gasteiger partial charge in [-0.05, 0) is 62.9 Å². The van der Waals surface area contributed by atoms with Crippen LogP contribution in [0.5, 0.6) is 5.75 Å². The molecule has 2 heterocycles. The van der Waals surface area contributed by atoms with Crippen molar-refractivity contribution in [3.8, 4) is 5.75 Å². The van der Waals surface area contributed by atoms with Crippen LogP contribution in [-0.2, 0) is 6.61 Å². The minimum atomic E-state index is -0.223. The van der Waals surface area contributed by atoms with Crippen LogP contribution in [0.15, 0.2) is 53.1 Å². The van der Waals surface area contributed by atoms with Crippen molar-refractivity contribution >= 4 is 5.91 Å². The molecule has 0 bridgehead atoms. The highest BCUT2D eigenvalue weighted by Crippen LogP contribution is 2.25. The van der Waals surface area contributed by atoms with Gasteiger partial charge in [-0.25, -0.2) is 4.39 Å². The van der Waals surface area contributed by atoms with E-state index in [9.17, 15) is 9.18 Å². The Hall–Kier alpha value is -3.23. The summed E-state index contributed by atoms with van der Waals surface area (Å²) in [6.45, 7) is 4.63. The van der Waals surface area contributed by atoms with Gasteiger partial charge in [0.15, 0.2) is 0 Å². The van der Waals surface area contributed by atoms with Crippen molar-refractivity contribution in [1.29, 1.82) is 0 Å². The van der Waals surface area contributed by atoms with Crippen molar-refractivity contribution in [2.24, 2.45) is 0 Å². The average Bonchev–Trinajstić information content (AvgIpc) is 3.44. The summed E-state index contributed by atoms with van der Waals surface area (Å²) in [5.74, 6) is 0.954. The van der Waals surface area contributed by atoms with Gasteiger partial charge in [0.2, 0.25) is 0 Å². The van der Waals surface area contributed by atoms with E-state index < -0.39 is 0 Å². The maximum atomic E-state index is 13.5. The molecule has 0 spiro atoms. The number of halogens is 1. The minimum Gasteiger partial charge on any atom is -0.488 e. The SMILES string of the molecule is Cc1noc(C)c1COc1ccccc1C(=O)N(C)CCCC1CC(c2cccc(F)c2)NN1. The fourth-order valence-electron chi connectivity index (χ4n) is 4.26. The van der Waals surface area contributed by atoms with Gasteiger partial charge in [-0.2, -0.15) is 0 Å². The zero-order chi connectivity index (χ0) is 24.1. The lowest BCUT2D eigenvalue weighted by Gasteiger charge is -2.20. The molecule has 2 N–H and O–H groups in total. The summed E-state index contributed by atoms with van der Waals surface area (Å²) in [6, 6.07) is 14.3. The van der Waals surface area contributed by atoms with E-state index in [1.54, 1.807) is 29.2 Å². The normalized spacial score (nSPS) is 17.6. The molecule has 4 rings (SSSR count). The van der Waals surface area contributed by atoms with E-state index in [-0.39, 0.29) is 23.8 Å². The maximum Gasteiger partial charge on any atom is 0.257 e. The first-order valence-electron chi connectivity index (χ1n) is 11.6. The summed E-state index contributed by atoms with van der Waals surface area (Å²) in [7, 11) is 1.81. The predicted octanol–water partition coefficient (Wildman–Crippen LogP) is 4.47. The molecule has 0 aliphatic carbocycles. The molecule has 3 aromatic rings. The molecule has 2 unspecified atom stereocenters. The van der Waals surface area contributed by atoms with Gasteiger partial charge in [0.25, 0.3) is 5.91 Å². The van der Waals surface area contributed by atoms with Crippen molar-refractivity contribution < 1.29 is 18.4 Å². The third-order valence-corrected chi connectivity index (χ3v) is 6.30. The molecule has 8 heteroatoms. The van der Waals surface area contributed by atoms with Gasteiger partial charge in [0.1, 0.15) is 23.9 Å². The number of amides is 1. The van der Waals surface area contributed by atoms with Crippen LogP contribution in [0.3, 0.4) is 0 Å². The zero-order valence-corrected chi connectivity index (χ0v) is 19.8. The van der Waals surface area contributed by atoms with Gasteiger partial charge in [-0.15, -0.1) is 0 Å². The Balaban J connectivity index is 1.28. The standard InChI is InChI=1S/C26H31FN4O3/c1-17-23(18(2)34-30-17)16-33-25-12-5-4-11-22(25)26(32)31(3)13-7-10-21-15-24(29-28-21)19-8-6-9-20(27)14-19/h4-6,8-9,11-12,14,21,24,28-29H,7,10,13,15-16H2,1-3H3. The first kappa shape index (κ1) is 23.9. The molecule has 1 fully saturated rings. The third kappa shape index (κ3) is 5.63. The van der Waals surface area contributed by atoms with Gasteiger partial charge in [-0.3, -0.25) is 15.6 Å². The summed E-state index contributed by atoms with van der Waals surface area (Å²) in [6.07, 6.45) is 2.62. The number of carbonyl (C=O) groups is 1. The van der Waals surface area contributed by atoms with Crippen molar-refractivity contribution in [3.63, 3.8) is 0 Å². The second-order valence-corrected chi connectivity index (χ2v) is 8.79. The first-order chi connectivity index (χ1) is 16.4. The Labute approximate surface area is 199 Å². The van der Waals surface area contributed by atoms with Crippen molar-refractivity contribution in [3.05, 3.63) is 82.5 Å². The Bertz CT molecular complexity index is 1110. The van der Waals surface area contributed by atoms with E-state index in [2.05, 4.69) is 16.0 Å². The number of nitrogens with zero attached hydrogens (tertiary/aromatic N) is 2. The minimum absolute atomic E-state index is 0.0792. The molecule has 1 saturated heterocycles. The molecule has 1 aliphatic heterocycles. The number of ether oxygens (including phenoxy) is 1. The summed E-state index contributed by atoms with van der Waals surface area (Å²) in [4.78, 5) is 14.8. The lowest BCUT2D eigenvalue weighted by molar-refractivity contribution is 0.0786. The maximum absolute atomic E-state index is 13.5. The van der Waals surface area contributed by atoms with E-state index >= 15 is 0 Å². The van der Waals surface area contributed by atoms with Gasteiger partial charge >= 0.3 is 0 Å². The zero-order valence-electron chi connectivity index (χ0n) is 19.8. The fraction of sp³-hybridized carbons (Fsp3) is 0.385. The van der Waals surface area contributed by atoms with Crippen LogP contribution in [0.2, 0.25) is 0 Å². The average molecular weight is 467 g/mol. The number of para-hydroxylation sites is 1. The van der Waals surface area contributed by atoms with Crippen LogP contribution in [0, 0.1) is 19.7 Å². The lowest BCUT2D eigenvalue weighted by atomic mass is 9.99. The summed E-state index contributed by atoms with van der Waals surface area (Å²) < 4.78 is 24.7. The molecule has 0 radical (unpaired) electrons. The van der Waals surface area contributed by atoms with Crippen molar-refractivity contribution in [2.45, 2.75) is 51.8 Å². The number of nitrogens with one attached hydrogen (secondary N) is 2. The Kier molecular flexibility index (Phi) is 7.59. The van der Waals surface area contributed by atoms with Crippen LogP contribution >= 0.6 is 0 Å². The van der Waals surface area contributed by atoms with E-state index in [0.29, 0.717) is 30.2 Å². The molecule has 0 saturated carbocycles. The number of hydrazine groups is 1. The number of carbonyl (C=O) groups excluding carboxylic acids is 1. The monoisotopic (exact) mass is 466 g/mol. The number of hydrogen-bond donors (Lipinski definition) is 2. The molecule has 1 aliphatic rings. The topological polar surface area (TPSA) is 79.6 Å². The van der Waals surface area contributed by atoms with Gasteiger partial charge in [0.05, 0.1) is 16.8 Å². The molecular formula is C26H31FN4O3. The van der Waals surface area contributed by atoms with Crippen LogP contribution < -0.4 is 15.6 Å². The Morgan fingerprint density at radius 3 is 2.79 bits per heavy atom. The molecule has 7 nitrogen and oxygen atoms in total. The largest absolute Gasteiger partial charge is 0.488 e. The van der Waals surface area contributed by atoms with Crippen LogP contribution in [0.4, 0.5) is 4.39 Å². The van der Waals surface area contributed by atoms with Crippen molar-refractivity contribution in [1.82, 2.24) is 20.9 Å². The van der Waals surface area contributed by atoms with Gasteiger partial charge < -0.3 is 14.2 Å². The number of benzene rings is 2. The first-order valence-corrected chi connectivity index (χ1v) is 11.6. The summed E-state index contributed by atoms with van der Waals surface area (Å²) >= 11 is 0. The number of hydrogen-bond acceptors (Lipinski definition) is 6. The Morgan fingerprint density at radius 2 is 2.03 bits per heavy atom. The second-order valence-electron chi connectivity index (χ2n) is 8.79. The van der Waals surface area contributed by atoms with Crippen LogP contribution in [0.1, 0.15) is 58.2 Å². The molecule has 2 atom stereocenters. The van der Waals surface area contributed by atoms with Gasteiger partial charge in [-0.1, -0.05) is 29.4 Å². The van der Waals surface area contributed by atoms with E-state index in [1.165, 1.54) is 6.07 Å². The van der Waals surface area contributed by atoms with E-state index in [0.717, 1.165) is 36.1 Å². The molecule has 34 heavy (non-hydrogen) atoms. The fourth-order valence-corrected chi connectivity index (χ4v) is 4.26. The van der Waals surface area contributed by atoms with E-state index in [1.807, 2.05) is 39.1 Å². The highest BCUT2D eigenvalue weighted by Gasteiger charge is 2.25. The van der Waals surface area contributed by atoms with Crippen molar-refractivity contribution in [2.75, 3.05) is 13.6 Å². The molecule has 1 amide bonds. The quantitative estimate of drug-likeness (QED) is 0.484. The summed E-state index contributed by atoms with van der Waals surface area (Å²) in [5.41, 5.74) is 9.70. The third-order valence-electron chi connectivity index (χ3n) is 6.30. The lowest BCUT2D eigenvalue weighted by Crippen LogP contribution is -2.32. The van der Waals surface area contributed by atoms with E-state index in [4.69, 9.17) is 9.26 Å². The van der Waals surface area contributed by atoms with Crippen LogP contribution in [0.25, 0.3) is 0 Å². The Morgan fingerprint density at radius 1 is 1.21 bits per heavy atom. The molecular weight excluding hydrogens is 435 g/mol. The number of rotatable bonds is 9. The highest BCUT2D eigenvalue weighted by atomic mass is 19.1. The summed E-state index contributed by atoms with van der Waals surface area (Å²) in [5, 5.41) is 3.95. The molecule has 1 aromatic heterocycles. The number of aromatic nitrogens is 1. The smallest absolute Gasteiger partial charge is 0.257 e. The highest BCUT2D eigenvalue weighted by molar-refractivity contribution is 5.96. The van der Waals surface area contributed by atoms with Crippen LogP contribution in [-0.4, -0.2) is 35.6 Å². The van der Waals surface area contributed by atoms with Gasteiger partial charge in [0, 0.05) is 25.7 Å². The number of aryl methyl sites for hydroxylation is 2. The molecule has 180 valence electrons. The molecule has 2 aromatic carbocycles.